The van der Waals surface area contributed by atoms with E-state index >= 15 is 0 Å². The Morgan fingerprint density at radius 1 is 1.08 bits per heavy atom. The first-order valence-electron chi connectivity index (χ1n) is 9.92. The summed E-state index contributed by atoms with van der Waals surface area (Å²) in [5, 5.41) is 0. The van der Waals surface area contributed by atoms with E-state index < -0.39 is 5.60 Å². The zero-order valence-corrected chi connectivity index (χ0v) is 18.8. The van der Waals surface area contributed by atoms with Gasteiger partial charge in [0, 0.05) is 12.8 Å². The summed E-state index contributed by atoms with van der Waals surface area (Å²) in [4.78, 5) is 11.9. The maximum atomic E-state index is 11.9. The van der Waals surface area contributed by atoms with Crippen molar-refractivity contribution in [2.45, 2.75) is 105 Å². The van der Waals surface area contributed by atoms with Gasteiger partial charge in [-0.2, -0.15) is 12.6 Å². The van der Waals surface area contributed by atoms with Crippen molar-refractivity contribution in [1.29, 1.82) is 0 Å². The highest BCUT2D eigenvalue weighted by atomic mass is 32.1. The van der Waals surface area contributed by atoms with Gasteiger partial charge in [-0.15, -0.1) is 0 Å². The maximum absolute atomic E-state index is 11.9. The fourth-order valence-electron chi connectivity index (χ4n) is 3.76. The summed E-state index contributed by atoms with van der Waals surface area (Å²) in [6.45, 7) is 18.1. The Morgan fingerprint density at radius 3 is 2.08 bits per heavy atom. The third-order valence-electron chi connectivity index (χ3n) is 5.53. The third kappa shape index (κ3) is 8.34. The molecule has 3 nitrogen and oxygen atoms in total. The topological polar surface area (TPSA) is 35.5 Å². The van der Waals surface area contributed by atoms with Gasteiger partial charge in [-0.05, 0) is 70.5 Å². The van der Waals surface area contributed by atoms with Gasteiger partial charge < -0.3 is 9.47 Å². The number of hydrogen-bond acceptors (Lipinski definition) is 4. The van der Waals surface area contributed by atoms with E-state index in [4.69, 9.17) is 9.47 Å². The number of ether oxygens (including phenoxy) is 2. The first kappa shape index (κ1) is 24.8. The summed E-state index contributed by atoms with van der Waals surface area (Å²) >= 11 is 4.14. The number of rotatable bonds is 13. The van der Waals surface area contributed by atoms with Gasteiger partial charge in [0.05, 0.1) is 12.2 Å². The molecule has 0 rings (SSSR count). The second-order valence-electron chi connectivity index (χ2n) is 8.76. The van der Waals surface area contributed by atoms with Crippen molar-refractivity contribution in [3.8, 4) is 0 Å². The van der Waals surface area contributed by atoms with Gasteiger partial charge in [0.1, 0.15) is 5.60 Å². The van der Waals surface area contributed by atoms with Crippen molar-refractivity contribution in [2.75, 3.05) is 12.4 Å². The largest absolute Gasteiger partial charge is 0.460 e. The highest BCUT2D eigenvalue weighted by Crippen LogP contribution is 2.46. The first-order chi connectivity index (χ1) is 11.4. The molecular formula is C21H42O3S. The van der Waals surface area contributed by atoms with Crippen molar-refractivity contribution < 1.29 is 14.3 Å². The number of esters is 1. The lowest BCUT2D eigenvalue weighted by atomic mass is 9.65. The molecule has 0 amide bonds. The predicted octanol–water partition coefficient (Wildman–Crippen LogP) is 6.06. The Morgan fingerprint density at radius 2 is 1.64 bits per heavy atom. The van der Waals surface area contributed by atoms with Crippen LogP contribution in [-0.4, -0.2) is 29.5 Å². The average Bonchev–Trinajstić information content (AvgIpc) is 2.49. The normalized spacial score (nSPS) is 13.4. The summed E-state index contributed by atoms with van der Waals surface area (Å²) < 4.78 is 12.0. The van der Waals surface area contributed by atoms with Crippen molar-refractivity contribution in [3.05, 3.63) is 0 Å². The Balaban J connectivity index is 4.72. The van der Waals surface area contributed by atoms with Crippen LogP contribution in [0.4, 0.5) is 0 Å². The molecule has 0 atom stereocenters. The van der Waals surface area contributed by atoms with E-state index in [9.17, 15) is 4.79 Å². The van der Waals surface area contributed by atoms with Crippen LogP contribution in [0.5, 0.6) is 0 Å². The zero-order valence-electron chi connectivity index (χ0n) is 17.9. The van der Waals surface area contributed by atoms with Gasteiger partial charge in [0.25, 0.3) is 0 Å². The molecule has 0 aromatic carbocycles. The molecule has 0 aromatic heterocycles. The zero-order chi connectivity index (χ0) is 19.7. The molecule has 0 saturated heterocycles. The minimum Gasteiger partial charge on any atom is -0.460 e. The highest BCUT2D eigenvalue weighted by molar-refractivity contribution is 7.80. The van der Waals surface area contributed by atoms with Gasteiger partial charge in [-0.1, -0.05) is 27.7 Å². The fraction of sp³-hybridized carbons (Fsp3) is 0.952. The van der Waals surface area contributed by atoms with Gasteiger partial charge in [0.2, 0.25) is 0 Å². The molecule has 0 spiro atoms. The van der Waals surface area contributed by atoms with E-state index in [1.807, 2.05) is 13.8 Å². The Hall–Kier alpha value is -0.220. The quantitative estimate of drug-likeness (QED) is 0.314. The second kappa shape index (κ2) is 10.8. The Bertz CT molecular complexity index is 385. The summed E-state index contributed by atoms with van der Waals surface area (Å²) in [6, 6.07) is 0. The van der Waals surface area contributed by atoms with Crippen LogP contribution in [0.3, 0.4) is 0 Å². The summed E-state index contributed by atoms with van der Waals surface area (Å²) in [5.41, 5.74) is -0.523. The van der Waals surface area contributed by atoms with E-state index in [2.05, 4.69) is 54.2 Å². The van der Waals surface area contributed by atoms with E-state index in [1.165, 1.54) is 0 Å². The fourth-order valence-corrected chi connectivity index (χ4v) is 3.91. The Labute approximate surface area is 162 Å². The van der Waals surface area contributed by atoms with Crippen LogP contribution in [0, 0.1) is 11.3 Å². The molecule has 0 heterocycles. The van der Waals surface area contributed by atoms with E-state index in [0.717, 1.165) is 25.7 Å². The van der Waals surface area contributed by atoms with Crippen molar-refractivity contribution in [1.82, 2.24) is 0 Å². The standard InChI is InChI=1S/C21H42O3S/c1-9-21(10-2,16-17(3)4)20(7,8)23-14-13-19(5,6)24-18(22)12-11-15-25/h17,25H,9-16H2,1-8H3. The molecule has 0 aliphatic rings. The third-order valence-corrected chi connectivity index (χ3v) is 5.84. The molecule has 0 saturated carbocycles. The van der Waals surface area contributed by atoms with Crippen LogP contribution >= 0.6 is 12.6 Å². The van der Waals surface area contributed by atoms with Crippen LogP contribution in [0.1, 0.15) is 93.9 Å². The van der Waals surface area contributed by atoms with Crippen LogP contribution < -0.4 is 0 Å². The van der Waals surface area contributed by atoms with Gasteiger partial charge in [-0.25, -0.2) is 0 Å². The molecule has 0 unspecified atom stereocenters. The van der Waals surface area contributed by atoms with E-state index in [0.29, 0.717) is 31.1 Å². The van der Waals surface area contributed by atoms with Gasteiger partial charge in [0.15, 0.2) is 0 Å². The smallest absolute Gasteiger partial charge is 0.306 e. The summed E-state index contributed by atoms with van der Waals surface area (Å²) in [6.07, 6.45) is 5.27. The monoisotopic (exact) mass is 374 g/mol. The molecule has 150 valence electrons. The van der Waals surface area contributed by atoms with Crippen molar-refractivity contribution in [3.63, 3.8) is 0 Å². The van der Waals surface area contributed by atoms with E-state index in [1.54, 1.807) is 0 Å². The highest BCUT2D eigenvalue weighted by Gasteiger charge is 2.43. The summed E-state index contributed by atoms with van der Waals surface area (Å²) in [7, 11) is 0. The number of thiol groups is 1. The lowest BCUT2D eigenvalue weighted by Gasteiger charge is -2.47. The predicted molar refractivity (Wildman–Crippen MR) is 110 cm³/mol. The molecule has 25 heavy (non-hydrogen) atoms. The van der Waals surface area contributed by atoms with Crippen LogP contribution in [0.25, 0.3) is 0 Å². The SMILES string of the molecule is CCC(CC)(CC(C)C)C(C)(C)OCCC(C)(C)OC(=O)CCCS. The molecule has 0 N–H and O–H groups in total. The maximum Gasteiger partial charge on any atom is 0.306 e. The minimum atomic E-state index is -0.497. The van der Waals surface area contributed by atoms with Crippen LogP contribution in [0.2, 0.25) is 0 Å². The molecule has 0 bridgehead atoms. The van der Waals surface area contributed by atoms with Gasteiger partial charge >= 0.3 is 5.97 Å². The molecule has 0 aliphatic heterocycles. The van der Waals surface area contributed by atoms with Gasteiger partial charge in [-0.3, -0.25) is 4.79 Å². The molecule has 0 aromatic rings. The number of carbonyl (C=O) groups is 1. The van der Waals surface area contributed by atoms with Crippen LogP contribution in [-0.2, 0) is 14.3 Å². The molecular weight excluding hydrogens is 332 g/mol. The lowest BCUT2D eigenvalue weighted by Crippen LogP contribution is -2.46. The first-order valence-corrected chi connectivity index (χ1v) is 10.5. The lowest BCUT2D eigenvalue weighted by molar-refractivity contribution is -0.163. The second-order valence-corrected chi connectivity index (χ2v) is 9.20. The number of carbonyl (C=O) groups excluding carboxylic acids is 1. The van der Waals surface area contributed by atoms with Crippen molar-refractivity contribution >= 4 is 18.6 Å². The molecule has 4 heteroatoms. The van der Waals surface area contributed by atoms with Crippen LogP contribution in [0.15, 0.2) is 0 Å². The minimum absolute atomic E-state index is 0.144. The Kier molecular flexibility index (Phi) is 10.7. The van der Waals surface area contributed by atoms with Crippen molar-refractivity contribution in [2.24, 2.45) is 11.3 Å². The van der Waals surface area contributed by atoms with E-state index in [-0.39, 0.29) is 17.0 Å². The molecule has 0 aliphatic carbocycles. The number of hydrogen-bond donors (Lipinski definition) is 1. The molecule has 0 fully saturated rings. The average molecular weight is 375 g/mol. The summed E-state index contributed by atoms with van der Waals surface area (Å²) in [5.74, 6) is 1.21. The molecule has 0 radical (unpaired) electrons.